The van der Waals surface area contributed by atoms with Crippen molar-refractivity contribution in [2.75, 3.05) is 39.4 Å². The minimum Gasteiger partial charge on any atom is -0.395 e. The van der Waals surface area contributed by atoms with Crippen molar-refractivity contribution in [1.82, 2.24) is 9.80 Å². The van der Waals surface area contributed by atoms with Crippen LogP contribution in [-0.2, 0) is 0 Å². The molecule has 0 saturated carbocycles. The van der Waals surface area contributed by atoms with Gasteiger partial charge in [0.2, 0.25) is 0 Å². The highest BCUT2D eigenvalue weighted by Gasteiger charge is 2.12. The summed E-state index contributed by atoms with van der Waals surface area (Å²) < 4.78 is 0. The first-order valence-corrected chi connectivity index (χ1v) is 5.62. The molecule has 0 radical (unpaired) electrons. The van der Waals surface area contributed by atoms with Gasteiger partial charge in [-0.3, -0.25) is 0 Å². The van der Waals surface area contributed by atoms with Gasteiger partial charge >= 0.3 is 0 Å². The summed E-state index contributed by atoms with van der Waals surface area (Å²) in [6.45, 7) is 9.40. The van der Waals surface area contributed by atoms with E-state index in [1.54, 1.807) is 0 Å². The van der Waals surface area contributed by atoms with Crippen molar-refractivity contribution in [3.63, 3.8) is 0 Å². The molecule has 0 fully saturated rings. The summed E-state index contributed by atoms with van der Waals surface area (Å²) in [5.74, 6) is 1.09. The van der Waals surface area contributed by atoms with Crippen LogP contribution in [0.25, 0.3) is 0 Å². The third-order valence-corrected chi connectivity index (χ3v) is 2.41. The van der Waals surface area contributed by atoms with Gasteiger partial charge in [-0.25, -0.2) is 0 Å². The molecule has 2 N–H and O–H groups in total. The van der Waals surface area contributed by atoms with Crippen LogP contribution in [0.4, 0.5) is 0 Å². The van der Waals surface area contributed by atoms with Gasteiger partial charge in [0, 0.05) is 26.2 Å². The zero-order valence-electron chi connectivity index (χ0n) is 10.1. The van der Waals surface area contributed by atoms with Gasteiger partial charge in [0.15, 0.2) is 0 Å². The molecule has 0 amide bonds. The second-order valence-corrected chi connectivity index (χ2v) is 3.25. The fourth-order valence-electron chi connectivity index (χ4n) is 1.70. The number of nitrogens with zero attached hydrogens (tertiary/aromatic N) is 2. The average molecular weight is 216 g/mol. The standard InChI is InChI=1S/C11H24N2O2/c1-4-11(12(5-2)6-3)13(7-9-14)8-10-15/h4,14-15H,5-10H2,1-3H3. The summed E-state index contributed by atoms with van der Waals surface area (Å²) in [6, 6.07) is 0. The van der Waals surface area contributed by atoms with Crippen molar-refractivity contribution in [3.8, 4) is 0 Å². The van der Waals surface area contributed by atoms with Gasteiger partial charge < -0.3 is 20.0 Å². The topological polar surface area (TPSA) is 46.9 Å². The van der Waals surface area contributed by atoms with E-state index in [0.717, 1.165) is 18.9 Å². The number of hydrogen-bond donors (Lipinski definition) is 2. The van der Waals surface area contributed by atoms with E-state index in [-0.39, 0.29) is 13.2 Å². The molecule has 0 aliphatic carbocycles. The predicted octanol–water partition coefficient (Wildman–Crippen LogP) is 0.476. The van der Waals surface area contributed by atoms with E-state index in [1.165, 1.54) is 0 Å². The number of hydrogen-bond acceptors (Lipinski definition) is 4. The van der Waals surface area contributed by atoms with Crippen LogP contribution >= 0.6 is 0 Å². The molecule has 0 saturated heterocycles. The van der Waals surface area contributed by atoms with Crippen LogP contribution < -0.4 is 0 Å². The normalized spacial score (nSPS) is 11.7. The summed E-state index contributed by atoms with van der Waals surface area (Å²) in [7, 11) is 0. The van der Waals surface area contributed by atoms with Crippen LogP contribution in [0.1, 0.15) is 20.8 Å². The molecule has 90 valence electrons. The van der Waals surface area contributed by atoms with Crippen LogP contribution in [0.2, 0.25) is 0 Å². The highest BCUT2D eigenvalue weighted by Crippen LogP contribution is 2.09. The van der Waals surface area contributed by atoms with E-state index in [0.29, 0.717) is 13.1 Å². The highest BCUT2D eigenvalue weighted by atomic mass is 16.3. The number of rotatable bonds is 8. The molecule has 0 bridgehead atoms. The Balaban J connectivity index is 4.56. The van der Waals surface area contributed by atoms with Crippen LogP contribution in [0, 0.1) is 0 Å². The Kier molecular flexibility index (Phi) is 8.14. The molecule has 0 rings (SSSR count). The Morgan fingerprint density at radius 1 is 1.00 bits per heavy atom. The van der Waals surface area contributed by atoms with E-state index >= 15 is 0 Å². The maximum atomic E-state index is 8.97. The highest BCUT2D eigenvalue weighted by molar-refractivity contribution is 4.98. The minimum atomic E-state index is 0.110. The van der Waals surface area contributed by atoms with E-state index < -0.39 is 0 Å². The molecule has 0 aromatic carbocycles. The number of aliphatic hydroxyl groups is 2. The minimum absolute atomic E-state index is 0.110. The Morgan fingerprint density at radius 2 is 1.47 bits per heavy atom. The molecule has 4 heteroatoms. The Morgan fingerprint density at radius 3 is 1.73 bits per heavy atom. The SMILES string of the molecule is CC=C(N(CC)CC)N(CCO)CCO. The maximum Gasteiger partial charge on any atom is 0.0996 e. The van der Waals surface area contributed by atoms with Crippen LogP contribution in [0.15, 0.2) is 11.9 Å². The molecule has 0 aromatic rings. The first kappa shape index (κ1) is 14.3. The number of aliphatic hydroxyl groups excluding tert-OH is 2. The van der Waals surface area contributed by atoms with Crippen molar-refractivity contribution in [3.05, 3.63) is 11.9 Å². The van der Waals surface area contributed by atoms with Gasteiger partial charge in [-0.2, -0.15) is 0 Å². The van der Waals surface area contributed by atoms with E-state index in [9.17, 15) is 0 Å². The van der Waals surface area contributed by atoms with Crippen molar-refractivity contribution >= 4 is 0 Å². The van der Waals surface area contributed by atoms with Gasteiger partial charge in [-0.05, 0) is 26.8 Å². The monoisotopic (exact) mass is 216 g/mol. The summed E-state index contributed by atoms with van der Waals surface area (Å²) in [5, 5.41) is 17.9. The number of allylic oxidation sites excluding steroid dienone is 1. The zero-order valence-corrected chi connectivity index (χ0v) is 10.1. The third kappa shape index (κ3) is 4.53. The quantitative estimate of drug-likeness (QED) is 0.619. The second-order valence-electron chi connectivity index (χ2n) is 3.25. The van der Waals surface area contributed by atoms with E-state index in [1.807, 2.05) is 17.9 Å². The van der Waals surface area contributed by atoms with Gasteiger partial charge in [0.1, 0.15) is 0 Å². The lowest BCUT2D eigenvalue weighted by atomic mass is 10.4. The van der Waals surface area contributed by atoms with E-state index in [4.69, 9.17) is 10.2 Å². The second kappa shape index (κ2) is 8.56. The fourth-order valence-corrected chi connectivity index (χ4v) is 1.70. The van der Waals surface area contributed by atoms with Crippen molar-refractivity contribution < 1.29 is 10.2 Å². The third-order valence-electron chi connectivity index (χ3n) is 2.41. The lowest BCUT2D eigenvalue weighted by molar-refractivity contribution is 0.149. The van der Waals surface area contributed by atoms with Crippen molar-refractivity contribution in [2.45, 2.75) is 20.8 Å². The van der Waals surface area contributed by atoms with Crippen LogP contribution in [0.3, 0.4) is 0 Å². The molecule has 0 unspecified atom stereocenters. The first-order chi connectivity index (χ1) is 7.24. The van der Waals surface area contributed by atoms with E-state index in [2.05, 4.69) is 18.7 Å². The van der Waals surface area contributed by atoms with Gasteiger partial charge in [-0.15, -0.1) is 0 Å². The lowest BCUT2D eigenvalue weighted by Gasteiger charge is -2.34. The summed E-state index contributed by atoms with van der Waals surface area (Å²) in [4.78, 5) is 4.22. The lowest BCUT2D eigenvalue weighted by Crippen LogP contribution is -2.38. The first-order valence-electron chi connectivity index (χ1n) is 5.62. The molecule has 0 heterocycles. The van der Waals surface area contributed by atoms with Crippen molar-refractivity contribution in [1.29, 1.82) is 0 Å². The maximum absolute atomic E-state index is 8.97. The summed E-state index contributed by atoms with van der Waals surface area (Å²) in [6.07, 6.45) is 2.03. The molecule has 15 heavy (non-hydrogen) atoms. The fraction of sp³-hybridized carbons (Fsp3) is 0.818. The smallest absolute Gasteiger partial charge is 0.0996 e. The van der Waals surface area contributed by atoms with Gasteiger partial charge in [-0.1, -0.05) is 0 Å². The molecule has 0 atom stereocenters. The summed E-state index contributed by atoms with van der Waals surface area (Å²) in [5.41, 5.74) is 0. The molecular weight excluding hydrogens is 192 g/mol. The Bertz CT molecular complexity index is 173. The molecule has 4 nitrogen and oxygen atoms in total. The molecule has 0 spiro atoms. The van der Waals surface area contributed by atoms with Crippen LogP contribution in [-0.4, -0.2) is 59.4 Å². The van der Waals surface area contributed by atoms with Gasteiger partial charge in [0.05, 0.1) is 19.0 Å². The molecular formula is C11H24N2O2. The molecule has 0 aliphatic heterocycles. The molecule has 0 aromatic heterocycles. The van der Waals surface area contributed by atoms with Crippen molar-refractivity contribution in [2.24, 2.45) is 0 Å². The molecule has 0 aliphatic rings. The zero-order chi connectivity index (χ0) is 11.7. The summed E-state index contributed by atoms with van der Waals surface area (Å²) >= 11 is 0. The average Bonchev–Trinajstić information content (AvgIpc) is 2.25. The Hall–Kier alpha value is -0.740. The predicted molar refractivity (Wildman–Crippen MR) is 62.4 cm³/mol. The Labute approximate surface area is 92.8 Å². The largest absolute Gasteiger partial charge is 0.395 e. The van der Waals surface area contributed by atoms with Crippen LogP contribution in [0.5, 0.6) is 0 Å². The van der Waals surface area contributed by atoms with Gasteiger partial charge in [0.25, 0.3) is 0 Å².